The van der Waals surface area contributed by atoms with Gasteiger partial charge in [0.05, 0.1) is 12.0 Å². The van der Waals surface area contributed by atoms with Crippen molar-refractivity contribution in [2.75, 3.05) is 0 Å². The summed E-state index contributed by atoms with van der Waals surface area (Å²) < 4.78 is 5.68. The third kappa shape index (κ3) is 2.83. The molecule has 1 unspecified atom stereocenters. The van der Waals surface area contributed by atoms with Crippen LogP contribution in [0.3, 0.4) is 0 Å². The summed E-state index contributed by atoms with van der Waals surface area (Å²) in [5.41, 5.74) is 4.36. The molecule has 0 bridgehead atoms. The maximum absolute atomic E-state index is 12.8. The molecule has 0 spiro atoms. The van der Waals surface area contributed by atoms with Gasteiger partial charge in [0.15, 0.2) is 5.78 Å². The Kier molecular flexibility index (Phi) is 3.66. The van der Waals surface area contributed by atoms with E-state index in [9.17, 15) is 9.90 Å². The maximum Gasteiger partial charge on any atom is 0.212 e. The highest BCUT2D eigenvalue weighted by Crippen LogP contribution is 2.43. The van der Waals surface area contributed by atoms with Crippen LogP contribution in [0, 0.1) is 0 Å². The van der Waals surface area contributed by atoms with E-state index in [2.05, 4.69) is 0 Å². The normalized spacial score (nSPS) is 19.2. The lowest BCUT2D eigenvalue weighted by molar-refractivity contribution is -0.123. The molecule has 3 aromatic rings. The first-order chi connectivity index (χ1) is 12.1. The van der Waals surface area contributed by atoms with Crippen LogP contribution in [0.1, 0.15) is 23.7 Å². The van der Waals surface area contributed by atoms with Crippen LogP contribution in [-0.2, 0) is 0 Å². The summed E-state index contributed by atoms with van der Waals surface area (Å²) in [6.45, 7) is 1.52. The molecule has 0 aliphatic carbocycles. The number of ketones is 1. The summed E-state index contributed by atoms with van der Waals surface area (Å²) in [5, 5.41) is 10.2. The first-order valence-electron chi connectivity index (χ1n) is 8.28. The minimum atomic E-state index is -1.47. The highest BCUT2D eigenvalue weighted by Gasteiger charge is 2.37. The molecule has 3 aromatic carbocycles. The lowest BCUT2D eigenvalue weighted by atomic mass is 9.85. The zero-order valence-electron chi connectivity index (χ0n) is 13.9. The van der Waals surface area contributed by atoms with Crippen molar-refractivity contribution in [3.63, 3.8) is 0 Å². The topological polar surface area (TPSA) is 46.5 Å². The zero-order valence-corrected chi connectivity index (χ0v) is 13.9. The molecule has 1 aliphatic heterocycles. The highest BCUT2D eigenvalue weighted by molar-refractivity contribution is 6.09. The lowest BCUT2D eigenvalue weighted by Gasteiger charge is -2.32. The van der Waals surface area contributed by atoms with Crippen molar-refractivity contribution in [2.24, 2.45) is 0 Å². The van der Waals surface area contributed by atoms with Gasteiger partial charge in [-0.05, 0) is 22.8 Å². The fraction of sp³-hybridized carbons (Fsp3) is 0.136. The fourth-order valence-corrected chi connectivity index (χ4v) is 3.37. The van der Waals surface area contributed by atoms with E-state index in [0.29, 0.717) is 11.3 Å². The quantitative estimate of drug-likeness (QED) is 0.741. The second-order valence-corrected chi connectivity index (χ2v) is 6.47. The van der Waals surface area contributed by atoms with E-state index in [0.717, 1.165) is 22.3 Å². The molecular formula is C22H18O3. The first-order valence-corrected chi connectivity index (χ1v) is 8.28. The average molecular weight is 330 g/mol. The molecule has 1 N–H and O–H groups in total. The van der Waals surface area contributed by atoms with Crippen LogP contribution in [0.15, 0.2) is 72.8 Å². The second-order valence-electron chi connectivity index (χ2n) is 6.47. The van der Waals surface area contributed by atoms with E-state index >= 15 is 0 Å². The largest absolute Gasteiger partial charge is 0.462 e. The standard InChI is InChI=1S/C22H18O3/c1-22(24)14-18(23)21-19(25-22)13-12-17(15-8-4-2-5-9-15)20(21)16-10-6-3-7-11-16/h2-13,24H,14H2,1H3. The van der Waals surface area contributed by atoms with Crippen molar-refractivity contribution in [3.05, 3.63) is 78.4 Å². The van der Waals surface area contributed by atoms with Crippen LogP contribution < -0.4 is 4.74 Å². The van der Waals surface area contributed by atoms with Crippen LogP contribution >= 0.6 is 0 Å². The smallest absolute Gasteiger partial charge is 0.212 e. The van der Waals surface area contributed by atoms with Crippen LogP contribution in [-0.4, -0.2) is 16.7 Å². The molecule has 0 amide bonds. The Labute approximate surface area is 146 Å². The first kappa shape index (κ1) is 15.6. The number of aliphatic hydroxyl groups is 1. The number of carbonyl (C=O) groups excluding carboxylic acids is 1. The summed E-state index contributed by atoms with van der Waals surface area (Å²) in [4.78, 5) is 12.8. The van der Waals surface area contributed by atoms with Crippen molar-refractivity contribution in [2.45, 2.75) is 19.1 Å². The van der Waals surface area contributed by atoms with Crippen LogP contribution in [0.25, 0.3) is 22.3 Å². The highest BCUT2D eigenvalue weighted by atomic mass is 16.6. The van der Waals surface area contributed by atoms with Crippen molar-refractivity contribution in [1.82, 2.24) is 0 Å². The fourth-order valence-electron chi connectivity index (χ4n) is 3.37. The number of fused-ring (bicyclic) bond motifs is 1. The number of ether oxygens (including phenoxy) is 1. The van der Waals surface area contributed by atoms with Gasteiger partial charge in [-0.25, -0.2) is 0 Å². The Balaban J connectivity index is 2.02. The molecule has 1 heterocycles. The SMILES string of the molecule is CC1(O)CC(=O)c2c(ccc(-c3ccccc3)c2-c2ccccc2)O1. The monoisotopic (exact) mass is 330 g/mol. The third-order valence-electron chi connectivity index (χ3n) is 4.41. The van der Waals surface area contributed by atoms with E-state index in [1.54, 1.807) is 6.07 Å². The summed E-state index contributed by atoms with van der Waals surface area (Å²) in [7, 11) is 0. The van der Waals surface area contributed by atoms with E-state index in [1.807, 2.05) is 66.7 Å². The third-order valence-corrected chi connectivity index (χ3v) is 4.41. The van der Waals surface area contributed by atoms with Gasteiger partial charge in [-0.3, -0.25) is 4.79 Å². The van der Waals surface area contributed by atoms with Crippen LogP contribution in [0.5, 0.6) is 5.75 Å². The van der Waals surface area contributed by atoms with Crippen molar-refractivity contribution >= 4 is 5.78 Å². The van der Waals surface area contributed by atoms with Crippen molar-refractivity contribution < 1.29 is 14.6 Å². The van der Waals surface area contributed by atoms with Crippen LogP contribution in [0.2, 0.25) is 0 Å². The average Bonchev–Trinajstić information content (AvgIpc) is 2.61. The molecule has 3 heteroatoms. The molecule has 0 fully saturated rings. The number of hydrogen-bond donors (Lipinski definition) is 1. The second kappa shape index (κ2) is 5.87. The van der Waals surface area contributed by atoms with Crippen LogP contribution in [0.4, 0.5) is 0 Å². The van der Waals surface area contributed by atoms with Gasteiger partial charge in [0, 0.05) is 12.5 Å². The Bertz CT molecular complexity index is 928. The molecule has 25 heavy (non-hydrogen) atoms. The van der Waals surface area contributed by atoms with Gasteiger partial charge < -0.3 is 9.84 Å². The Morgan fingerprint density at radius 1 is 0.840 bits per heavy atom. The molecule has 1 aliphatic rings. The van der Waals surface area contributed by atoms with Crippen molar-refractivity contribution in [3.8, 4) is 28.0 Å². The van der Waals surface area contributed by atoms with Gasteiger partial charge in [-0.2, -0.15) is 0 Å². The number of rotatable bonds is 2. The molecule has 0 saturated heterocycles. The molecule has 4 rings (SSSR count). The number of hydrogen-bond acceptors (Lipinski definition) is 3. The van der Waals surface area contributed by atoms with Gasteiger partial charge in [-0.1, -0.05) is 66.7 Å². The van der Waals surface area contributed by atoms with E-state index in [-0.39, 0.29) is 12.2 Å². The summed E-state index contributed by atoms with van der Waals surface area (Å²) in [6, 6.07) is 23.5. The molecule has 0 saturated carbocycles. The van der Waals surface area contributed by atoms with Crippen molar-refractivity contribution in [1.29, 1.82) is 0 Å². The number of Topliss-reactive ketones (excluding diaryl/α,β-unsaturated/α-hetero) is 1. The number of carbonyl (C=O) groups is 1. The Morgan fingerprint density at radius 2 is 1.44 bits per heavy atom. The minimum absolute atomic E-state index is 0.0575. The van der Waals surface area contributed by atoms with E-state index in [1.165, 1.54) is 6.92 Å². The Morgan fingerprint density at radius 3 is 2.08 bits per heavy atom. The summed E-state index contributed by atoms with van der Waals surface area (Å²) in [6.07, 6.45) is -0.0575. The zero-order chi connectivity index (χ0) is 17.4. The molecule has 0 aromatic heterocycles. The van der Waals surface area contributed by atoms with E-state index < -0.39 is 5.79 Å². The summed E-state index contributed by atoms with van der Waals surface area (Å²) in [5.74, 6) is -1.14. The maximum atomic E-state index is 12.8. The van der Waals surface area contributed by atoms with Gasteiger partial charge in [0.2, 0.25) is 5.79 Å². The lowest BCUT2D eigenvalue weighted by Crippen LogP contribution is -2.39. The predicted molar refractivity (Wildman–Crippen MR) is 97.5 cm³/mol. The van der Waals surface area contributed by atoms with Gasteiger partial charge in [0.25, 0.3) is 0 Å². The molecule has 1 atom stereocenters. The number of benzene rings is 3. The van der Waals surface area contributed by atoms with Gasteiger partial charge in [-0.15, -0.1) is 0 Å². The molecular weight excluding hydrogens is 312 g/mol. The molecule has 0 radical (unpaired) electrons. The van der Waals surface area contributed by atoms with Gasteiger partial charge >= 0.3 is 0 Å². The molecule has 3 nitrogen and oxygen atoms in total. The minimum Gasteiger partial charge on any atom is -0.462 e. The van der Waals surface area contributed by atoms with Gasteiger partial charge in [0.1, 0.15) is 5.75 Å². The predicted octanol–water partition coefficient (Wildman–Crippen LogP) is 4.69. The molecule has 124 valence electrons. The summed E-state index contributed by atoms with van der Waals surface area (Å²) >= 11 is 0. The van der Waals surface area contributed by atoms with E-state index in [4.69, 9.17) is 4.74 Å². The Hall–Kier alpha value is -2.91.